The molecule has 0 saturated carbocycles. The van der Waals surface area contributed by atoms with E-state index in [0.717, 1.165) is 6.08 Å². The number of carbonyl (C=O) groups is 3. The van der Waals surface area contributed by atoms with Gasteiger partial charge >= 0.3 is 18.3 Å². The Morgan fingerprint density at radius 1 is 0.826 bits per heavy atom. The molecule has 0 aliphatic heterocycles. The molecular weight excluding hydrogens is 308 g/mol. The summed E-state index contributed by atoms with van der Waals surface area (Å²) in [7, 11) is 0. The number of carbonyl (C=O) groups excluding carboxylic acids is 3. The maximum atomic E-state index is 11.3. The number of para-hydroxylation sites is 1. The first-order chi connectivity index (χ1) is 11.1. The first kappa shape index (κ1) is 18.0. The maximum Gasteiger partial charge on any atom is 0.513 e. The van der Waals surface area contributed by atoms with E-state index in [9.17, 15) is 14.4 Å². The lowest BCUT2D eigenvalue weighted by atomic mass is 10.3. The van der Waals surface area contributed by atoms with E-state index >= 15 is 0 Å². The molecule has 0 atom stereocenters. The van der Waals surface area contributed by atoms with E-state index in [2.05, 4.69) is 20.8 Å². The molecule has 124 valence electrons. The first-order valence-corrected chi connectivity index (χ1v) is 6.60. The summed E-state index contributed by atoms with van der Waals surface area (Å²) in [6, 6.07) is 8.36. The number of ether oxygens (including phenoxy) is 5. The van der Waals surface area contributed by atoms with Crippen LogP contribution in [0.2, 0.25) is 0 Å². The Balaban J connectivity index is 2.03. The van der Waals surface area contributed by atoms with Crippen LogP contribution in [0.25, 0.3) is 0 Å². The molecule has 23 heavy (non-hydrogen) atoms. The Morgan fingerprint density at radius 2 is 1.35 bits per heavy atom. The Bertz CT molecular complexity index is 526. The smallest absolute Gasteiger partial charge is 0.459 e. The molecule has 0 heterocycles. The standard InChI is InChI=1S/C15H16O8/c1-2-13(16)19-8-9-20-14(17)21-10-11-22-15(18)23-12-6-4-3-5-7-12/h2-7H,1,8-11H2. The second kappa shape index (κ2) is 10.7. The molecule has 0 aliphatic rings. The molecule has 1 aromatic rings. The van der Waals surface area contributed by atoms with Crippen LogP contribution in [0.15, 0.2) is 43.0 Å². The van der Waals surface area contributed by atoms with Gasteiger partial charge in [-0.3, -0.25) is 0 Å². The first-order valence-electron chi connectivity index (χ1n) is 6.60. The van der Waals surface area contributed by atoms with E-state index in [-0.39, 0.29) is 26.4 Å². The Morgan fingerprint density at radius 3 is 1.91 bits per heavy atom. The van der Waals surface area contributed by atoms with Crippen molar-refractivity contribution in [2.75, 3.05) is 26.4 Å². The highest BCUT2D eigenvalue weighted by Crippen LogP contribution is 2.08. The third-order valence-corrected chi connectivity index (χ3v) is 2.18. The van der Waals surface area contributed by atoms with Gasteiger partial charge in [0, 0.05) is 6.08 Å². The van der Waals surface area contributed by atoms with Gasteiger partial charge in [-0.25, -0.2) is 14.4 Å². The molecule has 0 radical (unpaired) electrons. The van der Waals surface area contributed by atoms with Crippen molar-refractivity contribution in [1.29, 1.82) is 0 Å². The van der Waals surface area contributed by atoms with Gasteiger partial charge in [-0.15, -0.1) is 0 Å². The molecule has 8 heteroatoms. The molecule has 0 N–H and O–H groups in total. The summed E-state index contributed by atoms with van der Waals surface area (Å²) in [4.78, 5) is 33.1. The molecule has 0 spiro atoms. The van der Waals surface area contributed by atoms with Crippen LogP contribution in [0.1, 0.15) is 0 Å². The lowest BCUT2D eigenvalue weighted by Gasteiger charge is -2.07. The average Bonchev–Trinajstić information content (AvgIpc) is 2.56. The van der Waals surface area contributed by atoms with Gasteiger partial charge in [-0.2, -0.15) is 0 Å². The highest BCUT2D eigenvalue weighted by atomic mass is 16.7. The zero-order valence-corrected chi connectivity index (χ0v) is 12.3. The predicted octanol–water partition coefficient (Wildman–Crippen LogP) is 2.08. The van der Waals surface area contributed by atoms with E-state index in [1.165, 1.54) is 0 Å². The van der Waals surface area contributed by atoms with Crippen LogP contribution in [-0.2, 0) is 23.7 Å². The van der Waals surface area contributed by atoms with Gasteiger partial charge in [0.25, 0.3) is 0 Å². The fourth-order valence-electron chi connectivity index (χ4n) is 1.23. The van der Waals surface area contributed by atoms with Crippen LogP contribution in [0.5, 0.6) is 5.75 Å². The largest absolute Gasteiger partial charge is 0.513 e. The monoisotopic (exact) mass is 324 g/mol. The number of benzene rings is 1. The van der Waals surface area contributed by atoms with Crippen molar-refractivity contribution in [3.05, 3.63) is 43.0 Å². The molecule has 0 amide bonds. The molecule has 0 bridgehead atoms. The normalized spacial score (nSPS) is 9.39. The zero-order valence-electron chi connectivity index (χ0n) is 12.3. The minimum absolute atomic E-state index is 0.111. The predicted molar refractivity (Wildman–Crippen MR) is 76.9 cm³/mol. The van der Waals surface area contributed by atoms with Crippen molar-refractivity contribution in [3.8, 4) is 5.75 Å². The molecule has 1 aromatic carbocycles. The van der Waals surface area contributed by atoms with Gasteiger partial charge in [0.05, 0.1) is 0 Å². The second-order valence-corrected chi connectivity index (χ2v) is 3.83. The molecule has 0 aromatic heterocycles. The third kappa shape index (κ3) is 8.76. The zero-order chi connectivity index (χ0) is 16.9. The summed E-state index contributed by atoms with van der Waals surface area (Å²) in [5.74, 6) is -0.279. The molecule has 0 aliphatic carbocycles. The second-order valence-electron chi connectivity index (χ2n) is 3.83. The van der Waals surface area contributed by atoms with Crippen LogP contribution >= 0.6 is 0 Å². The summed E-state index contributed by atoms with van der Waals surface area (Å²) < 4.78 is 23.3. The van der Waals surface area contributed by atoms with Gasteiger partial charge in [-0.1, -0.05) is 24.8 Å². The van der Waals surface area contributed by atoms with Gasteiger partial charge in [0.2, 0.25) is 0 Å². The number of rotatable bonds is 8. The van der Waals surface area contributed by atoms with Gasteiger partial charge in [0.1, 0.15) is 32.2 Å². The highest BCUT2D eigenvalue weighted by Gasteiger charge is 2.08. The van der Waals surface area contributed by atoms with Gasteiger partial charge in [0.15, 0.2) is 0 Å². The molecule has 8 nitrogen and oxygen atoms in total. The maximum absolute atomic E-state index is 11.3. The van der Waals surface area contributed by atoms with E-state index in [0.29, 0.717) is 5.75 Å². The fraction of sp³-hybridized carbons (Fsp3) is 0.267. The minimum atomic E-state index is -0.973. The number of hydrogen-bond acceptors (Lipinski definition) is 8. The Kier molecular flexibility index (Phi) is 8.35. The SMILES string of the molecule is C=CC(=O)OCCOC(=O)OCCOC(=O)Oc1ccccc1. The minimum Gasteiger partial charge on any atom is -0.459 e. The lowest BCUT2D eigenvalue weighted by molar-refractivity contribution is -0.139. The Labute approximate surface area is 132 Å². The molecule has 0 fully saturated rings. The van der Waals surface area contributed by atoms with Crippen molar-refractivity contribution in [3.63, 3.8) is 0 Å². The average molecular weight is 324 g/mol. The molecular formula is C15H16O8. The summed E-state index contributed by atoms with van der Waals surface area (Å²) in [5.41, 5.74) is 0. The van der Waals surface area contributed by atoms with E-state index in [1.807, 2.05) is 0 Å². The summed E-state index contributed by atoms with van der Waals surface area (Å²) >= 11 is 0. The number of hydrogen-bond donors (Lipinski definition) is 0. The summed E-state index contributed by atoms with van der Waals surface area (Å²) in [6.45, 7) is 2.55. The molecule has 0 saturated heterocycles. The lowest BCUT2D eigenvalue weighted by Crippen LogP contribution is -2.18. The van der Waals surface area contributed by atoms with Crippen LogP contribution in [0, 0.1) is 0 Å². The topological polar surface area (TPSA) is 97.4 Å². The quantitative estimate of drug-likeness (QED) is 0.236. The van der Waals surface area contributed by atoms with Crippen molar-refractivity contribution in [2.24, 2.45) is 0 Å². The van der Waals surface area contributed by atoms with E-state index in [4.69, 9.17) is 9.47 Å². The van der Waals surface area contributed by atoms with Crippen molar-refractivity contribution >= 4 is 18.3 Å². The van der Waals surface area contributed by atoms with Gasteiger partial charge in [-0.05, 0) is 12.1 Å². The van der Waals surface area contributed by atoms with Crippen molar-refractivity contribution in [2.45, 2.75) is 0 Å². The van der Waals surface area contributed by atoms with E-state index in [1.54, 1.807) is 30.3 Å². The van der Waals surface area contributed by atoms with Gasteiger partial charge < -0.3 is 23.7 Å². The third-order valence-electron chi connectivity index (χ3n) is 2.18. The van der Waals surface area contributed by atoms with Crippen LogP contribution in [0.4, 0.5) is 9.59 Å². The molecule has 0 unspecified atom stereocenters. The highest BCUT2D eigenvalue weighted by molar-refractivity contribution is 5.81. The van der Waals surface area contributed by atoms with Crippen LogP contribution < -0.4 is 4.74 Å². The Hall–Kier alpha value is -3.03. The summed E-state index contributed by atoms with van der Waals surface area (Å²) in [6.07, 6.45) is -0.895. The number of esters is 1. The van der Waals surface area contributed by atoms with Crippen LogP contribution in [0.3, 0.4) is 0 Å². The van der Waals surface area contributed by atoms with Crippen molar-refractivity contribution in [1.82, 2.24) is 0 Å². The van der Waals surface area contributed by atoms with Crippen LogP contribution in [-0.4, -0.2) is 44.7 Å². The molecule has 1 rings (SSSR count). The van der Waals surface area contributed by atoms with Crippen molar-refractivity contribution < 1.29 is 38.1 Å². The fourth-order valence-corrected chi connectivity index (χ4v) is 1.23. The summed E-state index contributed by atoms with van der Waals surface area (Å²) in [5, 5.41) is 0. The van der Waals surface area contributed by atoms with E-state index < -0.39 is 18.3 Å².